The predicted octanol–water partition coefficient (Wildman–Crippen LogP) is 3.81. The molecule has 5 heteroatoms. The van der Waals surface area contributed by atoms with E-state index in [4.69, 9.17) is 10.00 Å². The molecule has 0 spiro atoms. The van der Waals surface area contributed by atoms with Gasteiger partial charge < -0.3 is 10.1 Å². The van der Waals surface area contributed by atoms with Gasteiger partial charge in [0.25, 0.3) is 0 Å². The van der Waals surface area contributed by atoms with Crippen molar-refractivity contribution in [3.8, 4) is 6.07 Å². The summed E-state index contributed by atoms with van der Waals surface area (Å²) in [5.41, 5.74) is 2.96. The second-order valence-corrected chi connectivity index (χ2v) is 6.62. The molecule has 124 valence electrons. The first-order valence-electron chi connectivity index (χ1n) is 8.08. The molecule has 1 fully saturated rings. The molecule has 1 heterocycles. The molecule has 1 unspecified atom stereocenters. The van der Waals surface area contributed by atoms with Crippen molar-refractivity contribution in [2.24, 2.45) is 0 Å². The smallest absolute Gasteiger partial charge is 0.0992 e. The zero-order valence-corrected chi connectivity index (χ0v) is 15.0. The molecule has 4 nitrogen and oxygen atoms in total. The van der Waals surface area contributed by atoms with Gasteiger partial charge in [0.05, 0.1) is 30.9 Å². The summed E-state index contributed by atoms with van der Waals surface area (Å²) in [6, 6.07) is 18.6. The van der Waals surface area contributed by atoms with Gasteiger partial charge in [0.1, 0.15) is 0 Å². The minimum Gasteiger partial charge on any atom is -0.382 e. The molecule has 2 aromatic rings. The fourth-order valence-electron chi connectivity index (χ4n) is 2.96. The number of nitrogens with zero attached hydrogens (tertiary/aromatic N) is 2. The molecule has 3 rings (SSSR count). The molecule has 1 aliphatic heterocycles. The van der Waals surface area contributed by atoms with Crippen LogP contribution in [-0.2, 0) is 4.74 Å². The Balaban J connectivity index is 1.76. The number of nitrogens with one attached hydrogen (secondary N) is 1. The Labute approximate surface area is 151 Å². The van der Waals surface area contributed by atoms with E-state index in [-0.39, 0.29) is 6.04 Å². The van der Waals surface area contributed by atoms with Crippen LogP contribution in [-0.4, -0.2) is 37.7 Å². The Morgan fingerprint density at radius 2 is 1.92 bits per heavy atom. The third-order valence-corrected chi connectivity index (χ3v) is 4.91. The van der Waals surface area contributed by atoms with E-state index in [9.17, 15) is 0 Å². The zero-order valence-electron chi connectivity index (χ0n) is 13.4. The molecular formula is C19H20BrN3O. The number of hydrogen-bond acceptors (Lipinski definition) is 4. The molecule has 1 atom stereocenters. The number of anilines is 1. The fraction of sp³-hybridized carbons (Fsp3) is 0.316. The van der Waals surface area contributed by atoms with E-state index in [2.05, 4.69) is 56.5 Å². The molecular weight excluding hydrogens is 366 g/mol. The number of ether oxygens (including phenoxy) is 1. The van der Waals surface area contributed by atoms with Gasteiger partial charge in [0, 0.05) is 29.8 Å². The van der Waals surface area contributed by atoms with Crippen LogP contribution in [0.5, 0.6) is 0 Å². The molecule has 0 saturated carbocycles. The van der Waals surface area contributed by atoms with Gasteiger partial charge in [-0.2, -0.15) is 5.26 Å². The van der Waals surface area contributed by atoms with Crippen molar-refractivity contribution >= 4 is 21.6 Å². The van der Waals surface area contributed by atoms with Gasteiger partial charge in [-0.1, -0.05) is 30.3 Å². The SMILES string of the molecule is N#Cc1ccc(NCC(c2ccccc2)N2CCOCC2)c(Br)c1. The average molecular weight is 386 g/mol. The van der Waals surface area contributed by atoms with Gasteiger partial charge in [-0.15, -0.1) is 0 Å². The molecule has 1 N–H and O–H groups in total. The van der Waals surface area contributed by atoms with Crippen molar-refractivity contribution in [1.29, 1.82) is 5.26 Å². The van der Waals surface area contributed by atoms with Crippen molar-refractivity contribution < 1.29 is 4.74 Å². The molecule has 0 bridgehead atoms. The van der Waals surface area contributed by atoms with Crippen molar-refractivity contribution in [2.75, 3.05) is 38.2 Å². The molecule has 0 radical (unpaired) electrons. The quantitative estimate of drug-likeness (QED) is 0.849. The first kappa shape index (κ1) is 17.0. The number of benzene rings is 2. The molecule has 0 amide bonds. The van der Waals surface area contributed by atoms with E-state index in [0.29, 0.717) is 5.56 Å². The summed E-state index contributed by atoms with van der Waals surface area (Å²) in [5, 5.41) is 12.5. The van der Waals surface area contributed by atoms with Crippen molar-refractivity contribution in [1.82, 2.24) is 4.90 Å². The first-order valence-corrected chi connectivity index (χ1v) is 8.87. The van der Waals surface area contributed by atoms with Crippen molar-refractivity contribution in [3.05, 3.63) is 64.1 Å². The molecule has 0 aliphatic carbocycles. The van der Waals surface area contributed by atoms with Crippen molar-refractivity contribution in [2.45, 2.75) is 6.04 Å². The standard InChI is InChI=1S/C19H20BrN3O/c20-17-12-15(13-21)6-7-18(17)22-14-19(16-4-2-1-3-5-16)23-8-10-24-11-9-23/h1-7,12,19,22H,8-11,14H2. The lowest BCUT2D eigenvalue weighted by Gasteiger charge is -2.35. The van der Waals surface area contributed by atoms with Crippen LogP contribution in [0.2, 0.25) is 0 Å². The minimum absolute atomic E-state index is 0.289. The minimum atomic E-state index is 0.289. The number of rotatable bonds is 5. The van der Waals surface area contributed by atoms with E-state index in [0.717, 1.165) is 43.0 Å². The summed E-state index contributed by atoms with van der Waals surface area (Å²) < 4.78 is 6.41. The summed E-state index contributed by atoms with van der Waals surface area (Å²) in [5.74, 6) is 0. The Kier molecular flexibility index (Phi) is 5.86. The van der Waals surface area contributed by atoms with Crippen LogP contribution in [0.15, 0.2) is 53.0 Å². The summed E-state index contributed by atoms with van der Waals surface area (Å²) in [7, 11) is 0. The summed E-state index contributed by atoms with van der Waals surface area (Å²) in [6.45, 7) is 4.24. The Morgan fingerprint density at radius 1 is 1.17 bits per heavy atom. The topological polar surface area (TPSA) is 48.3 Å². The van der Waals surface area contributed by atoms with E-state index < -0.39 is 0 Å². The normalized spacial score (nSPS) is 16.3. The first-order chi connectivity index (χ1) is 11.8. The summed E-state index contributed by atoms with van der Waals surface area (Å²) >= 11 is 3.54. The lowest BCUT2D eigenvalue weighted by molar-refractivity contribution is 0.0187. The number of hydrogen-bond donors (Lipinski definition) is 1. The van der Waals surface area contributed by atoms with Gasteiger partial charge in [-0.3, -0.25) is 4.90 Å². The van der Waals surface area contributed by atoms with Crippen LogP contribution in [0, 0.1) is 11.3 Å². The molecule has 1 aliphatic rings. The molecule has 24 heavy (non-hydrogen) atoms. The maximum absolute atomic E-state index is 8.98. The Morgan fingerprint density at radius 3 is 2.58 bits per heavy atom. The highest BCUT2D eigenvalue weighted by molar-refractivity contribution is 9.10. The van der Waals surface area contributed by atoms with E-state index >= 15 is 0 Å². The monoisotopic (exact) mass is 385 g/mol. The van der Waals surface area contributed by atoms with Gasteiger partial charge in [0.2, 0.25) is 0 Å². The fourth-order valence-corrected chi connectivity index (χ4v) is 3.48. The average Bonchev–Trinajstić information content (AvgIpc) is 2.65. The predicted molar refractivity (Wildman–Crippen MR) is 98.9 cm³/mol. The van der Waals surface area contributed by atoms with Gasteiger partial charge >= 0.3 is 0 Å². The van der Waals surface area contributed by atoms with Crippen LogP contribution < -0.4 is 5.32 Å². The van der Waals surface area contributed by atoms with Crippen LogP contribution >= 0.6 is 15.9 Å². The zero-order chi connectivity index (χ0) is 16.8. The third-order valence-electron chi connectivity index (χ3n) is 4.25. The second-order valence-electron chi connectivity index (χ2n) is 5.76. The lowest BCUT2D eigenvalue weighted by atomic mass is 10.0. The second kappa shape index (κ2) is 8.29. The largest absolute Gasteiger partial charge is 0.382 e. The van der Waals surface area contributed by atoms with Gasteiger partial charge in [-0.25, -0.2) is 0 Å². The van der Waals surface area contributed by atoms with E-state index in [1.54, 1.807) is 0 Å². The molecule has 2 aromatic carbocycles. The van der Waals surface area contributed by atoms with E-state index in [1.165, 1.54) is 5.56 Å². The van der Waals surface area contributed by atoms with Crippen LogP contribution in [0.4, 0.5) is 5.69 Å². The Bertz CT molecular complexity index is 708. The highest BCUT2D eigenvalue weighted by atomic mass is 79.9. The maximum Gasteiger partial charge on any atom is 0.0992 e. The highest BCUT2D eigenvalue weighted by Crippen LogP contribution is 2.27. The van der Waals surface area contributed by atoms with Crippen LogP contribution in [0.25, 0.3) is 0 Å². The summed E-state index contributed by atoms with van der Waals surface area (Å²) in [4.78, 5) is 2.46. The molecule has 1 saturated heterocycles. The number of halogens is 1. The van der Waals surface area contributed by atoms with Crippen LogP contribution in [0.1, 0.15) is 17.2 Å². The third kappa shape index (κ3) is 4.15. The molecule has 0 aromatic heterocycles. The number of nitriles is 1. The van der Waals surface area contributed by atoms with Crippen LogP contribution in [0.3, 0.4) is 0 Å². The van der Waals surface area contributed by atoms with E-state index in [1.807, 2.05) is 24.3 Å². The number of morpholine rings is 1. The van der Waals surface area contributed by atoms with Gasteiger partial charge in [0.15, 0.2) is 0 Å². The Hall–Kier alpha value is -1.87. The highest BCUT2D eigenvalue weighted by Gasteiger charge is 2.22. The lowest BCUT2D eigenvalue weighted by Crippen LogP contribution is -2.41. The van der Waals surface area contributed by atoms with Crippen molar-refractivity contribution in [3.63, 3.8) is 0 Å². The maximum atomic E-state index is 8.98. The summed E-state index contributed by atoms with van der Waals surface area (Å²) in [6.07, 6.45) is 0. The van der Waals surface area contributed by atoms with Gasteiger partial charge in [-0.05, 0) is 39.7 Å².